The van der Waals surface area contributed by atoms with Gasteiger partial charge in [-0.3, -0.25) is 4.90 Å². The number of aromatic nitrogens is 2. The van der Waals surface area contributed by atoms with Crippen molar-refractivity contribution in [2.45, 2.75) is 26.5 Å². The maximum absolute atomic E-state index is 9.85. The first-order valence-electron chi connectivity index (χ1n) is 7.59. The lowest BCUT2D eigenvalue weighted by atomic mass is 10.2. The molecular weight excluding hydrogens is 314 g/mol. The molecule has 0 aliphatic rings. The van der Waals surface area contributed by atoms with E-state index in [1.807, 2.05) is 42.9 Å². The Morgan fingerprint density at radius 1 is 1.30 bits per heavy atom. The summed E-state index contributed by atoms with van der Waals surface area (Å²) < 4.78 is 6.90. The highest BCUT2D eigenvalue weighted by molar-refractivity contribution is 6.30. The second kappa shape index (κ2) is 7.93. The average molecular weight is 338 g/mol. The number of likely N-dealkylation sites (N-methyl/N-ethyl adjacent to an activating group) is 1. The average Bonchev–Trinajstić information content (AvgIpc) is 2.76. The van der Waals surface area contributed by atoms with Crippen LogP contribution in [-0.4, -0.2) is 53.2 Å². The first-order chi connectivity index (χ1) is 10.9. The van der Waals surface area contributed by atoms with Crippen LogP contribution in [0.5, 0.6) is 0 Å². The number of halogens is 1. The van der Waals surface area contributed by atoms with Crippen LogP contribution in [0.2, 0.25) is 5.02 Å². The Labute approximate surface area is 142 Å². The monoisotopic (exact) mass is 337 g/mol. The number of aliphatic hydroxyl groups excluding tert-OH is 1. The predicted molar refractivity (Wildman–Crippen MR) is 92.3 cm³/mol. The first-order valence-corrected chi connectivity index (χ1v) is 7.96. The van der Waals surface area contributed by atoms with Crippen molar-refractivity contribution < 1.29 is 9.84 Å². The van der Waals surface area contributed by atoms with Crippen molar-refractivity contribution in [3.63, 3.8) is 0 Å². The summed E-state index contributed by atoms with van der Waals surface area (Å²) in [6.45, 7) is 5.69. The van der Waals surface area contributed by atoms with Crippen LogP contribution in [0.15, 0.2) is 24.3 Å². The SMILES string of the molecule is COCC(O)CN(C)Cc1c(C)nn(-c2ccc(Cl)cc2)c1C. The van der Waals surface area contributed by atoms with Gasteiger partial charge in [0, 0.05) is 36.5 Å². The minimum atomic E-state index is -0.489. The molecule has 0 amide bonds. The van der Waals surface area contributed by atoms with Gasteiger partial charge in [-0.1, -0.05) is 11.6 Å². The number of ether oxygens (including phenoxy) is 1. The summed E-state index contributed by atoms with van der Waals surface area (Å²) >= 11 is 5.95. The van der Waals surface area contributed by atoms with Gasteiger partial charge < -0.3 is 9.84 Å². The molecule has 0 spiro atoms. The Kier molecular flexibility index (Phi) is 6.18. The molecule has 2 aromatic rings. The van der Waals surface area contributed by atoms with Gasteiger partial charge in [0.15, 0.2) is 0 Å². The molecule has 1 atom stereocenters. The van der Waals surface area contributed by atoms with Gasteiger partial charge in [0.05, 0.1) is 24.1 Å². The highest BCUT2D eigenvalue weighted by atomic mass is 35.5. The van der Waals surface area contributed by atoms with E-state index >= 15 is 0 Å². The number of nitrogens with zero attached hydrogens (tertiary/aromatic N) is 3. The Morgan fingerprint density at radius 2 is 1.96 bits per heavy atom. The zero-order chi connectivity index (χ0) is 17.0. The van der Waals surface area contributed by atoms with E-state index in [2.05, 4.69) is 16.9 Å². The molecule has 5 nitrogen and oxygen atoms in total. The van der Waals surface area contributed by atoms with Crippen LogP contribution >= 0.6 is 11.6 Å². The number of methoxy groups -OCH3 is 1. The molecule has 1 aromatic heterocycles. The lowest BCUT2D eigenvalue weighted by Crippen LogP contribution is -2.31. The molecule has 0 aliphatic heterocycles. The number of rotatable bonds is 7. The maximum atomic E-state index is 9.85. The van der Waals surface area contributed by atoms with E-state index in [9.17, 15) is 5.11 Å². The number of hydrogen-bond acceptors (Lipinski definition) is 4. The van der Waals surface area contributed by atoms with E-state index in [0.29, 0.717) is 18.2 Å². The molecule has 2 rings (SSSR count). The van der Waals surface area contributed by atoms with Crippen molar-refractivity contribution in [1.29, 1.82) is 0 Å². The minimum absolute atomic E-state index is 0.340. The number of aryl methyl sites for hydroxylation is 1. The van der Waals surface area contributed by atoms with Crippen molar-refractivity contribution in [3.8, 4) is 5.69 Å². The van der Waals surface area contributed by atoms with E-state index in [-0.39, 0.29) is 0 Å². The van der Waals surface area contributed by atoms with Crippen LogP contribution < -0.4 is 0 Å². The summed E-state index contributed by atoms with van der Waals surface area (Å²) in [5.74, 6) is 0. The zero-order valence-corrected chi connectivity index (χ0v) is 14.8. The second-order valence-corrected chi connectivity index (χ2v) is 6.28. The maximum Gasteiger partial charge on any atom is 0.0900 e. The number of hydrogen-bond donors (Lipinski definition) is 1. The molecule has 1 heterocycles. The molecular formula is C17H24ClN3O2. The first kappa shape index (κ1) is 17.9. The van der Waals surface area contributed by atoms with E-state index in [1.54, 1.807) is 7.11 Å². The van der Waals surface area contributed by atoms with Crippen LogP contribution in [0, 0.1) is 13.8 Å². The molecule has 126 valence electrons. The number of benzene rings is 1. The van der Waals surface area contributed by atoms with Crippen molar-refractivity contribution in [2.24, 2.45) is 0 Å². The van der Waals surface area contributed by atoms with E-state index in [1.165, 1.54) is 5.56 Å². The lowest BCUT2D eigenvalue weighted by Gasteiger charge is -2.20. The minimum Gasteiger partial charge on any atom is -0.389 e. The van der Waals surface area contributed by atoms with Gasteiger partial charge in [-0.05, 0) is 45.2 Å². The van der Waals surface area contributed by atoms with Crippen LogP contribution in [0.1, 0.15) is 17.0 Å². The molecule has 0 radical (unpaired) electrons. The summed E-state index contributed by atoms with van der Waals surface area (Å²) in [6, 6.07) is 7.63. The van der Waals surface area contributed by atoms with Crippen molar-refractivity contribution in [2.75, 3.05) is 27.3 Å². The Balaban J connectivity index is 2.16. The molecule has 0 fully saturated rings. The summed E-state index contributed by atoms with van der Waals surface area (Å²) in [7, 11) is 3.57. The Bertz CT molecular complexity index is 640. The highest BCUT2D eigenvalue weighted by Crippen LogP contribution is 2.20. The molecule has 0 bridgehead atoms. The molecule has 1 N–H and O–H groups in total. The van der Waals surface area contributed by atoms with Gasteiger partial charge in [0.1, 0.15) is 0 Å². The van der Waals surface area contributed by atoms with Crippen LogP contribution in [0.3, 0.4) is 0 Å². The highest BCUT2D eigenvalue weighted by Gasteiger charge is 2.16. The largest absolute Gasteiger partial charge is 0.389 e. The topological polar surface area (TPSA) is 50.5 Å². The lowest BCUT2D eigenvalue weighted by molar-refractivity contribution is 0.0418. The second-order valence-electron chi connectivity index (χ2n) is 5.84. The van der Waals surface area contributed by atoms with Gasteiger partial charge in [-0.2, -0.15) is 5.10 Å². The summed E-state index contributed by atoms with van der Waals surface area (Å²) in [5.41, 5.74) is 4.25. The van der Waals surface area contributed by atoms with Gasteiger partial charge in [0.25, 0.3) is 0 Å². The van der Waals surface area contributed by atoms with Gasteiger partial charge in [-0.15, -0.1) is 0 Å². The molecule has 1 unspecified atom stereocenters. The third-order valence-corrected chi connectivity index (χ3v) is 4.07. The van der Waals surface area contributed by atoms with Gasteiger partial charge in [0.2, 0.25) is 0 Å². The van der Waals surface area contributed by atoms with Crippen LogP contribution in [-0.2, 0) is 11.3 Å². The fraction of sp³-hybridized carbons (Fsp3) is 0.471. The molecule has 23 heavy (non-hydrogen) atoms. The van der Waals surface area contributed by atoms with Gasteiger partial charge >= 0.3 is 0 Å². The van der Waals surface area contributed by atoms with Crippen molar-refractivity contribution in [3.05, 3.63) is 46.2 Å². The number of aliphatic hydroxyl groups is 1. The Morgan fingerprint density at radius 3 is 2.57 bits per heavy atom. The van der Waals surface area contributed by atoms with Crippen molar-refractivity contribution in [1.82, 2.24) is 14.7 Å². The molecule has 1 aromatic carbocycles. The summed E-state index contributed by atoms with van der Waals surface area (Å²) in [4.78, 5) is 2.08. The fourth-order valence-electron chi connectivity index (χ4n) is 2.68. The molecule has 0 aliphatic carbocycles. The van der Waals surface area contributed by atoms with Crippen molar-refractivity contribution >= 4 is 11.6 Å². The third kappa shape index (κ3) is 4.54. The summed E-state index contributed by atoms with van der Waals surface area (Å²) in [5, 5.41) is 15.2. The van der Waals surface area contributed by atoms with E-state index < -0.39 is 6.10 Å². The molecule has 0 saturated heterocycles. The zero-order valence-electron chi connectivity index (χ0n) is 14.1. The standard InChI is InChI=1S/C17H24ClN3O2/c1-12-17(10-20(3)9-16(22)11-23-4)13(2)21(19-12)15-7-5-14(18)6-8-15/h5-8,16,22H,9-11H2,1-4H3. The molecule has 6 heteroatoms. The van der Waals surface area contributed by atoms with Gasteiger partial charge in [-0.25, -0.2) is 4.68 Å². The van der Waals surface area contributed by atoms with Crippen LogP contribution in [0.4, 0.5) is 0 Å². The van der Waals surface area contributed by atoms with E-state index in [4.69, 9.17) is 16.3 Å². The Hall–Kier alpha value is -1.40. The predicted octanol–water partition coefficient (Wildman–Crippen LogP) is 2.58. The smallest absolute Gasteiger partial charge is 0.0900 e. The molecule has 0 saturated carbocycles. The normalized spacial score (nSPS) is 12.8. The fourth-order valence-corrected chi connectivity index (χ4v) is 2.80. The quantitative estimate of drug-likeness (QED) is 0.843. The third-order valence-electron chi connectivity index (χ3n) is 3.82. The van der Waals surface area contributed by atoms with E-state index in [0.717, 1.165) is 23.6 Å². The van der Waals surface area contributed by atoms with Crippen LogP contribution in [0.25, 0.3) is 5.69 Å². The summed E-state index contributed by atoms with van der Waals surface area (Å²) in [6.07, 6.45) is -0.489.